The van der Waals surface area contributed by atoms with Gasteiger partial charge in [-0.3, -0.25) is 0 Å². The molecule has 0 unspecified atom stereocenters. The molecule has 0 fully saturated rings. The maximum absolute atomic E-state index is 13.0. The van der Waals surface area contributed by atoms with Crippen LogP contribution in [-0.4, -0.2) is 15.0 Å². The Morgan fingerprint density at radius 1 is 0.960 bits per heavy atom. The molecule has 128 valence electrons. The van der Waals surface area contributed by atoms with Crippen LogP contribution in [0.5, 0.6) is 0 Å². The zero-order valence-corrected chi connectivity index (χ0v) is 13.0. The molecule has 0 aliphatic rings. The van der Waals surface area contributed by atoms with Crippen LogP contribution >= 0.6 is 0 Å². The minimum Gasteiger partial charge on any atom is -0.383 e. The van der Waals surface area contributed by atoms with Gasteiger partial charge in [-0.05, 0) is 29.8 Å². The second kappa shape index (κ2) is 6.76. The van der Waals surface area contributed by atoms with Crippen molar-refractivity contribution in [3.8, 4) is 11.4 Å². The summed E-state index contributed by atoms with van der Waals surface area (Å²) in [5, 5.41) is 2.89. The predicted molar refractivity (Wildman–Crippen MR) is 88.4 cm³/mol. The lowest BCUT2D eigenvalue weighted by Crippen LogP contribution is -2.12. The van der Waals surface area contributed by atoms with E-state index >= 15 is 0 Å². The molecule has 3 aromatic rings. The Bertz CT molecular complexity index is 880. The van der Waals surface area contributed by atoms with E-state index in [0.29, 0.717) is 17.2 Å². The summed E-state index contributed by atoms with van der Waals surface area (Å²) in [4.78, 5) is 12.4. The van der Waals surface area contributed by atoms with Crippen LogP contribution in [0.1, 0.15) is 11.1 Å². The van der Waals surface area contributed by atoms with Crippen LogP contribution in [0, 0.1) is 0 Å². The molecule has 25 heavy (non-hydrogen) atoms. The molecular formula is C17H14F3N5. The van der Waals surface area contributed by atoms with Gasteiger partial charge < -0.3 is 11.1 Å². The van der Waals surface area contributed by atoms with Gasteiger partial charge in [0.25, 0.3) is 0 Å². The fourth-order valence-electron chi connectivity index (χ4n) is 2.33. The van der Waals surface area contributed by atoms with E-state index < -0.39 is 11.7 Å². The fourth-order valence-corrected chi connectivity index (χ4v) is 2.33. The summed E-state index contributed by atoms with van der Waals surface area (Å²) >= 11 is 0. The third-order valence-electron chi connectivity index (χ3n) is 3.52. The molecule has 0 saturated heterocycles. The highest BCUT2D eigenvalue weighted by atomic mass is 19.4. The first-order valence-corrected chi connectivity index (χ1v) is 7.38. The van der Waals surface area contributed by atoms with E-state index in [0.717, 1.165) is 6.07 Å². The van der Waals surface area contributed by atoms with Crippen LogP contribution in [-0.2, 0) is 12.7 Å². The maximum Gasteiger partial charge on any atom is 0.416 e. The molecule has 5 nitrogen and oxygen atoms in total. The van der Waals surface area contributed by atoms with Crippen molar-refractivity contribution >= 4 is 11.6 Å². The van der Waals surface area contributed by atoms with Crippen LogP contribution in [0.2, 0.25) is 0 Å². The summed E-state index contributed by atoms with van der Waals surface area (Å²) < 4.78 is 39.1. The van der Waals surface area contributed by atoms with E-state index in [1.165, 1.54) is 18.3 Å². The van der Waals surface area contributed by atoms with Crippen molar-refractivity contribution in [3.63, 3.8) is 0 Å². The van der Waals surface area contributed by atoms with Gasteiger partial charge in [0.2, 0.25) is 0 Å². The van der Waals surface area contributed by atoms with Crippen molar-refractivity contribution in [1.82, 2.24) is 15.0 Å². The molecule has 0 aliphatic carbocycles. The maximum atomic E-state index is 13.0. The molecule has 1 aromatic carbocycles. The number of aromatic nitrogens is 3. The number of hydrogen-bond donors (Lipinski definition) is 2. The Morgan fingerprint density at radius 2 is 1.76 bits per heavy atom. The van der Waals surface area contributed by atoms with E-state index in [-0.39, 0.29) is 17.9 Å². The minimum atomic E-state index is -4.40. The molecule has 3 rings (SSSR count). The minimum absolute atomic E-state index is 0.0192. The van der Waals surface area contributed by atoms with Gasteiger partial charge in [-0.2, -0.15) is 13.2 Å². The standard InChI is InChI=1S/C17H14F3N5/c18-17(19,20)13-6-2-1-4-11(13)10-24-14-7-9-23-16(25-14)12-5-3-8-22-15(12)21/h1-9H,10H2,(H2,21,22)(H,23,24,25). The van der Waals surface area contributed by atoms with Crippen molar-refractivity contribution in [2.75, 3.05) is 11.1 Å². The van der Waals surface area contributed by atoms with E-state index in [9.17, 15) is 13.2 Å². The van der Waals surface area contributed by atoms with Crippen LogP contribution < -0.4 is 11.1 Å². The largest absolute Gasteiger partial charge is 0.416 e. The van der Waals surface area contributed by atoms with Gasteiger partial charge >= 0.3 is 6.18 Å². The molecule has 0 aliphatic heterocycles. The van der Waals surface area contributed by atoms with E-state index in [4.69, 9.17) is 5.73 Å². The first-order chi connectivity index (χ1) is 11.9. The Morgan fingerprint density at radius 3 is 2.52 bits per heavy atom. The first kappa shape index (κ1) is 16.7. The summed E-state index contributed by atoms with van der Waals surface area (Å²) in [5.74, 6) is 1.02. The quantitative estimate of drug-likeness (QED) is 0.753. The van der Waals surface area contributed by atoms with Gasteiger partial charge in [0, 0.05) is 18.9 Å². The molecule has 0 spiro atoms. The molecule has 0 radical (unpaired) electrons. The molecule has 0 amide bonds. The smallest absolute Gasteiger partial charge is 0.383 e. The fraction of sp³-hybridized carbons (Fsp3) is 0.118. The SMILES string of the molecule is Nc1ncccc1-c1nccc(NCc2ccccc2C(F)(F)F)n1. The molecule has 3 N–H and O–H groups in total. The summed E-state index contributed by atoms with van der Waals surface area (Å²) in [6.45, 7) is -0.0192. The van der Waals surface area contributed by atoms with Gasteiger partial charge in [-0.25, -0.2) is 15.0 Å². The lowest BCUT2D eigenvalue weighted by atomic mass is 10.1. The number of pyridine rings is 1. The van der Waals surface area contributed by atoms with Crippen LogP contribution in [0.25, 0.3) is 11.4 Å². The number of rotatable bonds is 4. The normalized spacial score (nSPS) is 11.3. The molecule has 2 heterocycles. The molecule has 0 saturated carbocycles. The van der Waals surface area contributed by atoms with Gasteiger partial charge in [-0.15, -0.1) is 0 Å². The number of nitrogens with one attached hydrogen (secondary N) is 1. The third-order valence-corrected chi connectivity index (χ3v) is 3.52. The van der Waals surface area contributed by atoms with E-state index in [1.54, 1.807) is 30.5 Å². The van der Waals surface area contributed by atoms with Crippen LogP contribution in [0.15, 0.2) is 54.9 Å². The Kier molecular flexibility index (Phi) is 4.51. The number of nitrogens with two attached hydrogens (primary N) is 1. The molecule has 8 heteroatoms. The van der Waals surface area contributed by atoms with Crippen LogP contribution in [0.4, 0.5) is 24.8 Å². The van der Waals surface area contributed by atoms with Crippen molar-refractivity contribution in [2.45, 2.75) is 12.7 Å². The van der Waals surface area contributed by atoms with Gasteiger partial charge in [0.05, 0.1) is 11.1 Å². The number of nitrogens with zero attached hydrogens (tertiary/aromatic N) is 3. The van der Waals surface area contributed by atoms with Crippen molar-refractivity contribution in [1.29, 1.82) is 0 Å². The van der Waals surface area contributed by atoms with E-state index in [2.05, 4.69) is 20.3 Å². The summed E-state index contributed by atoms with van der Waals surface area (Å²) in [5.41, 5.74) is 5.82. The zero-order valence-electron chi connectivity index (χ0n) is 13.0. The van der Waals surface area contributed by atoms with Gasteiger partial charge in [-0.1, -0.05) is 18.2 Å². The summed E-state index contributed by atoms with van der Waals surface area (Å²) in [6.07, 6.45) is -1.35. The average Bonchev–Trinajstić information content (AvgIpc) is 2.60. The van der Waals surface area contributed by atoms with Gasteiger partial charge in [0.1, 0.15) is 11.6 Å². The monoisotopic (exact) mass is 345 g/mol. The van der Waals surface area contributed by atoms with Crippen LogP contribution in [0.3, 0.4) is 0 Å². The Labute approximate surface area is 141 Å². The lowest BCUT2D eigenvalue weighted by Gasteiger charge is -2.13. The van der Waals surface area contributed by atoms with E-state index in [1.807, 2.05) is 0 Å². The number of hydrogen-bond acceptors (Lipinski definition) is 5. The lowest BCUT2D eigenvalue weighted by molar-refractivity contribution is -0.138. The summed E-state index contributed by atoms with van der Waals surface area (Å²) in [7, 11) is 0. The zero-order chi connectivity index (χ0) is 17.9. The Balaban J connectivity index is 1.82. The second-order valence-corrected chi connectivity index (χ2v) is 5.21. The molecule has 0 bridgehead atoms. The summed E-state index contributed by atoms with van der Waals surface area (Å²) in [6, 6.07) is 10.4. The highest BCUT2D eigenvalue weighted by molar-refractivity contribution is 5.68. The first-order valence-electron chi connectivity index (χ1n) is 7.38. The average molecular weight is 345 g/mol. The topological polar surface area (TPSA) is 76.7 Å². The van der Waals surface area contributed by atoms with Crippen molar-refractivity contribution in [2.24, 2.45) is 0 Å². The predicted octanol–water partition coefficient (Wildman–Crippen LogP) is 3.75. The van der Waals surface area contributed by atoms with Crippen molar-refractivity contribution < 1.29 is 13.2 Å². The number of nitrogen functional groups attached to an aromatic ring is 1. The number of halogens is 3. The second-order valence-electron chi connectivity index (χ2n) is 5.21. The molecule has 0 atom stereocenters. The van der Waals surface area contributed by atoms with Gasteiger partial charge in [0.15, 0.2) is 5.82 Å². The molecule has 2 aromatic heterocycles. The number of alkyl halides is 3. The number of benzene rings is 1. The highest BCUT2D eigenvalue weighted by Crippen LogP contribution is 2.32. The Hall–Kier alpha value is -3.16. The number of anilines is 2. The third kappa shape index (κ3) is 3.85. The highest BCUT2D eigenvalue weighted by Gasteiger charge is 2.32. The molecular weight excluding hydrogens is 331 g/mol. The van der Waals surface area contributed by atoms with Crippen molar-refractivity contribution in [3.05, 3.63) is 66.0 Å².